The Balaban J connectivity index is 1.94. The number of carbonyl (C=O) groups excluding carboxylic acids is 2. The molecular formula is C16H23N3O2. The van der Waals surface area contributed by atoms with Gasteiger partial charge in [-0.05, 0) is 24.7 Å². The monoisotopic (exact) mass is 289 g/mol. The van der Waals surface area contributed by atoms with Gasteiger partial charge in [0.2, 0.25) is 11.8 Å². The summed E-state index contributed by atoms with van der Waals surface area (Å²) in [5, 5.41) is 0. The molecule has 114 valence electrons. The third-order valence-electron chi connectivity index (χ3n) is 4.01. The Kier molecular flexibility index (Phi) is 4.96. The lowest BCUT2D eigenvalue weighted by molar-refractivity contribution is -0.132. The predicted octanol–water partition coefficient (Wildman–Crippen LogP) is 0.986. The van der Waals surface area contributed by atoms with E-state index in [4.69, 9.17) is 0 Å². The molecule has 0 atom stereocenters. The highest BCUT2D eigenvalue weighted by molar-refractivity contribution is 5.90. The fourth-order valence-corrected chi connectivity index (χ4v) is 2.36. The lowest BCUT2D eigenvalue weighted by Gasteiger charge is -2.32. The highest BCUT2D eigenvalue weighted by Crippen LogP contribution is 2.15. The van der Waals surface area contributed by atoms with Crippen LogP contribution in [0.5, 0.6) is 0 Å². The number of likely N-dealkylation sites (N-methyl/N-ethyl adjacent to an activating group) is 1. The maximum atomic E-state index is 12.2. The Hall–Kier alpha value is -1.88. The van der Waals surface area contributed by atoms with Crippen LogP contribution in [0.15, 0.2) is 24.3 Å². The van der Waals surface area contributed by atoms with E-state index in [2.05, 4.69) is 11.9 Å². The van der Waals surface area contributed by atoms with Gasteiger partial charge in [-0.15, -0.1) is 0 Å². The first kappa shape index (κ1) is 15.5. The fraction of sp³-hybridized carbons (Fsp3) is 0.500. The van der Waals surface area contributed by atoms with E-state index in [1.165, 1.54) is 6.92 Å². The van der Waals surface area contributed by atoms with Gasteiger partial charge < -0.3 is 14.7 Å². The first-order valence-corrected chi connectivity index (χ1v) is 7.27. The van der Waals surface area contributed by atoms with E-state index in [0.29, 0.717) is 6.42 Å². The van der Waals surface area contributed by atoms with Gasteiger partial charge in [-0.25, -0.2) is 0 Å². The summed E-state index contributed by atoms with van der Waals surface area (Å²) in [5.41, 5.74) is 1.83. The minimum atomic E-state index is -0.00346. The van der Waals surface area contributed by atoms with Gasteiger partial charge >= 0.3 is 0 Å². The second kappa shape index (κ2) is 6.72. The molecular weight excluding hydrogens is 266 g/mol. The Labute approximate surface area is 126 Å². The fourth-order valence-electron chi connectivity index (χ4n) is 2.36. The number of hydrogen-bond donors (Lipinski definition) is 0. The van der Waals surface area contributed by atoms with Crippen LogP contribution < -0.4 is 4.90 Å². The van der Waals surface area contributed by atoms with Gasteiger partial charge in [0.25, 0.3) is 0 Å². The number of rotatable bonds is 3. The van der Waals surface area contributed by atoms with E-state index in [1.54, 1.807) is 11.9 Å². The molecule has 21 heavy (non-hydrogen) atoms. The third-order valence-corrected chi connectivity index (χ3v) is 4.01. The van der Waals surface area contributed by atoms with Gasteiger partial charge in [0.1, 0.15) is 0 Å². The van der Waals surface area contributed by atoms with Crippen LogP contribution in [0.4, 0.5) is 5.69 Å². The molecule has 0 bridgehead atoms. The zero-order valence-corrected chi connectivity index (χ0v) is 13.0. The molecule has 0 aromatic heterocycles. The van der Waals surface area contributed by atoms with Crippen molar-refractivity contribution in [2.75, 3.05) is 45.2 Å². The van der Waals surface area contributed by atoms with Crippen LogP contribution in [-0.4, -0.2) is 61.9 Å². The minimum Gasteiger partial charge on any atom is -0.340 e. The Bertz CT molecular complexity index is 505. The largest absolute Gasteiger partial charge is 0.340 e. The van der Waals surface area contributed by atoms with Crippen molar-refractivity contribution in [3.05, 3.63) is 29.8 Å². The number of amides is 2. The molecule has 1 aliphatic rings. The van der Waals surface area contributed by atoms with Gasteiger partial charge in [-0.3, -0.25) is 9.59 Å². The standard InChI is InChI=1S/C16H23N3O2/c1-13(20)18(3)15-6-4-14(5-7-15)12-16(21)19-10-8-17(2)9-11-19/h4-7H,8-12H2,1-3H3. The maximum absolute atomic E-state index is 12.2. The summed E-state index contributed by atoms with van der Waals surface area (Å²) in [4.78, 5) is 29.3. The van der Waals surface area contributed by atoms with Crippen LogP contribution in [0.3, 0.4) is 0 Å². The van der Waals surface area contributed by atoms with Crippen molar-refractivity contribution in [1.29, 1.82) is 0 Å². The van der Waals surface area contributed by atoms with Gasteiger partial charge in [-0.1, -0.05) is 12.1 Å². The molecule has 0 N–H and O–H groups in total. The molecule has 1 saturated heterocycles. The normalized spacial score (nSPS) is 15.9. The first-order chi connectivity index (χ1) is 9.97. The van der Waals surface area contributed by atoms with E-state index in [9.17, 15) is 9.59 Å². The molecule has 0 aliphatic carbocycles. The van der Waals surface area contributed by atoms with Crippen molar-refractivity contribution in [2.24, 2.45) is 0 Å². The average Bonchev–Trinajstić information content (AvgIpc) is 2.47. The zero-order chi connectivity index (χ0) is 15.4. The molecule has 2 rings (SSSR count). The number of nitrogens with zero attached hydrogens (tertiary/aromatic N) is 3. The van der Waals surface area contributed by atoms with Gasteiger partial charge in [0.05, 0.1) is 6.42 Å². The van der Waals surface area contributed by atoms with Crippen LogP contribution in [0.2, 0.25) is 0 Å². The molecule has 1 aromatic rings. The second-order valence-corrected chi connectivity index (χ2v) is 5.61. The van der Waals surface area contributed by atoms with E-state index < -0.39 is 0 Å². The average molecular weight is 289 g/mol. The van der Waals surface area contributed by atoms with E-state index in [0.717, 1.165) is 37.4 Å². The van der Waals surface area contributed by atoms with Crippen molar-refractivity contribution in [3.8, 4) is 0 Å². The Morgan fingerprint density at radius 2 is 1.67 bits per heavy atom. The van der Waals surface area contributed by atoms with Crippen molar-refractivity contribution < 1.29 is 9.59 Å². The molecule has 0 unspecified atom stereocenters. The summed E-state index contributed by atoms with van der Waals surface area (Å²) in [6.07, 6.45) is 0.424. The summed E-state index contributed by atoms with van der Waals surface area (Å²) >= 11 is 0. The van der Waals surface area contributed by atoms with Crippen LogP contribution in [0.1, 0.15) is 12.5 Å². The molecule has 2 amide bonds. The number of carbonyl (C=O) groups is 2. The number of anilines is 1. The summed E-state index contributed by atoms with van der Waals surface area (Å²) in [6.45, 7) is 5.02. The van der Waals surface area contributed by atoms with E-state index >= 15 is 0 Å². The first-order valence-electron chi connectivity index (χ1n) is 7.27. The van der Waals surface area contributed by atoms with Gasteiger partial charge in [0.15, 0.2) is 0 Å². The topological polar surface area (TPSA) is 43.9 Å². The number of piperazine rings is 1. The second-order valence-electron chi connectivity index (χ2n) is 5.61. The zero-order valence-electron chi connectivity index (χ0n) is 13.0. The lowest BCUT2D eigenvalue weighted by atomic mass is 10.1. The molecule has 1 heterocycles. The third kappa shape index (κ3) is 4.04. The molecule has 1 fully saturated rings. The Morgan fingerprint density at radius 3 is 2.19 bits per heavy atom. The highest BCUT2D eigenvalue weighted by atomic mass is 16.2. The minimum absolute atomic E-state index is 0.00346. The molecule has 0 spiro atoms. The van der Waals surface area contributed by atoms with E-state index in [1.807, 2.05) is 29.2 Å². The highest BCUT2D eigenvalue weighted by Gasteiger charge is 2.19. The Morgan fingerprint density at radius 1 is 1.10 bits per heavy atom. The van der Waals surface area contributed by atoms with Gasteiger partial charge in [0, 0.05) is 45.8 Å². The van der Waals surface area contributed by atoms with Crippen LogP contribution >= 0.6 is 0 Å². The SMILES string of the molecule is CC(=O)N(C)c1ccc(CC(=O)N2CCN(C)CC2)cc1. The van der Waals surface area contributed by atoms with Crippen molar-refractivity contribution in [1.82, 2.24) is 9.80 Å². The molecule has 1 aromatic carbocycles. The smallest absolute Gasteiger partial charge is 0.227 e. The summed E-state index contributed by atoms with van der Waals surface area (Å²) in [6, 6.07) is 7.60. The number of hydrogen-bond acceptors (Lipinski definition) is 3. The van der Waals surface area contributed by atoms with Crippen LogP contribution in [-0.2, 0) is 16.0 Å². The molecule has 1 aliphatic heterocycles. The summed E-state index contributed by atoms with van der Waals surface area (Å²) < 4.78 is 0. The molecule has 0 radical (unpaired) electrons. The van der Waals surface area contributed by atoms with Crippen LogP contribution in [0.25, 0.3) is 0 Å². The molecule has 5 nitrogen and oxygen atoms in total. The van der Waals surface area contributed by atoms with Crippen molar-refractivity contribution in [3.63, 3.8) is 0 Å². The predicted molar refractivity (Wildman–Crippen MR) is 83.3 cm³/mol. The quantitative estimate of drug-likeness (QED) is 0.833. The summed E-state index contributed by atoms with van der Waals surface area (Å²) in [5.74, 6) is 0.173. The lowest BCUT2D eigenvalue weighted by Crippen LogP contribution is -2.47. The van der Waals surface area contributed by atoms with Gasteiger partial charge in [-0.2, -0.15) is 0 Å². The van der Waals surface area contributed by atoms with Crippen LogP contribution in [0, 0.1) is 0 Å². The maximum Gasteiger partial charge on any atom is 0.227 e. The number of benzene rings is 1. The van der Waals surface area contributed by atoms with Crippen molar-refractivity contribution in [2.45, 2.75) is 13.3 Å². The molecule has 0 saturated carbocycles. The van der Waals surface area contributed by atoms with E-state index in [-0.39, 0.29) is 11.8 Å². The summed E-state index contributed by atoms with van der Waals surface area (Å²) in [7, 11) is 3.82. The molecule has 5 heteroatoms. The van der Waals surface area contributed by atoms with Crippen molar-refractivity contribution >= 4 is 17.5 Å².